The zero-order valence-corrected chi connectivity index (χ0v) is 20.3. The fraction of sp³-hybridized carbons (Fsp3) is 0.308. The van der Waals surface area contributed by atoms with Crippen LogP contribution in [0.15, 0.2) is 76.2 Å². The molecule has 2 aromatic carbocycles. The highest BCUT2D eigenvalue weighted by Crippen LogP contribution is 2.33. The summed E-state index contributed by atoms with van der Waals surface area (Å²) in [5.41, 5.74) is 8.39. The number of primary amides is 1. The number of sulfone groups is 1. The lowest BCUT2D eigenvalue weighted by Gasteiger charge is -2.35. The maximum absolute atomic E-state index is 12.4. The van der Waals surface area contributed by atoms with Crippen LogP contribution in [0.4, 0.5) is 0 Å². The fourth-order valence-corrected chi connectivity index (χ4v) is 4.67. The number of nitriles is 1. The molecule has 0 saturated heterocycles. The minimum absolute atomic E-state index is 0.000395. The third kappa shape index (κ3) is 5.93. The van der Waals surface area contributed by atoms with Crippen molar-refractivity contribution in [2.45, 2.75) is 37.2 Å². The lowest BCUT2D eigenvalue weighted by atomic mass is 9.94. The van der Waals surface area contributed by atoms with Gasteiger partial charge in [0.15, 0.2) is 9.84 Å². The molecule has 7 nitrogen and oxygen atoms in total. The van der Waals surface area contributed by atoms with Crippen molar-refractivity contribution in [3.63, 3.8) is 0 Å². The minimum atomic E-state index is -3.26. The van der Waals surface area contributed by atoms with Crippen molar-refractivity contribution in [3.8, 4) is 17.2 Å². The molecule has 0 bridgehead atoms. The fourth-order valence-electron chi connectivity index (χ4n) is 4.04. The summed E-state index contributed by atoms with van der Waals surface area (Å²) in [6.07, 6.45) is 3.25. The van der Waals surface area contributed by atoms with E-state index in [4.69, 9.17) is 10.2 Å². The van der Waals surface area contributed by atoms with Crippen LogP contribution in [0.2, 0.25) is 0 Å². The Bertz CT molecular complexity index is 1240. The van der Waals surface area contributed by atoms with Crippen molar-refractivity contribution in [2.24, 2.45) is 11.7 Å². The van der Waals surface area contributed by atoms with E-state index in [1.54, 1.807) is 41.5 Å². The summed E-state index contributed by atoms with van der Waals surface area (Å²) in [6.45, 7) is 4.01. The monoisotopic (exact) mass is 479 g/mol. The van der Waals surface area contributed by atoms with Gasteiger partial charge < -0.3 is 10.2 Å². The molecular formula is C26H29N3O4S. The zero-order chi connectivity index (χ0) is 24.9. The molecule has 0 radical (unpaired) electrons. The summed E-state index contributed by atoms with van der Waals surface area (Å²) in [5, 5.41) is 9.55. The number of furan rings is 1. The molecule has 0 aliphatic rings. The molecule has 0 fully saturated rings. The molecule has 0 aliphatic carbocycles. The normalized spacial score (nSPS) is 13.5. The smallest absolute Gasteiger partial charge is 0.234 e. The van der Waals surface area contributed by atoms with E-state index < -0.39 is 27.8 Å². The molecule has 1 heterocycles. The Labute approximate surface area is 200 Å². The van der Waals surface area contributed by atoms with Crippen molar-refractivity contribution in [3.05, 3.63) is 78.3 Å². The minimum Gasteiger partial charge on any atom is -0.467 e. The van der Waals surface area contributed by atoms with Gasteiger partial charge in [0.25, 0.3) is 0 Å². The predicted molar refractivity (Wildman–Crippen MR) is 130 cm³/mol. The molecule has 3 aromatic rings. The first-order valence-corrected chi connectivity index (χ1v) is 12.9. The van der Waals surface area contributed by atoms with Crippen LogP contribution >= 0.6 is 0 Å². The Morgan fingerprint density at radius 2 is 1.65 bits per heavy atom. The number of nitrogens with two attached hydrogens (primary N) is 1. The van der Waals surface area contributed by atoms with E-state index in [1.165, 1.54) is 6.26 Å². The number of hydrogen-bond donors (Lipinski definition) is 1. The SMILES string of the molecule is CC(C)C[C@@H](C(N)=O)N(CC#N)[C@@H](c1ccc(-c2ccc(S(C)(=O)=O)cc2)cc1)c1ccco1. The number of nitrogens with zero attached hydrogens (tertiary/aromatic N) is 2. The third-order valence-corrected chi connectivity index (χ3v) is 6.79. The predicted octanol–water partition coefficient (Wildman–Crippen LogP) is 4.17. The van der Waals surface area contributed by atoms with Crippen LogP contribution in [0.5, 0.6) is 0 Å². The molecule has 0 aliphatic heterocycles. The topological polar surface area (TPSA) is 117 Å². The number of hydrogen-bond acceptors (Lipinski definition) is 6. The van der Waals surface area contributed by atoms with Crippen LogP contribution in [0.3, 0.4) is 0 Å². The van der Waals surface area contributed by atoms with Gasteiger partial charge in [0.1, 0.15) is 5.76 Å². The van der Waals surface area contributed by atoms with E-state index in [2.05, 4.69) is 6.07 Å². The second-order valence-corrected chi connectivity index (χ2v) is 10.7. The molecule has 8 heteroatoms. The van der Waals surface area contributed by atoms with Crippen molar-refractivity contribution in [1.82, 2.24) is 4.90 Å². The van der Waals surface area contributed by atoms with Gasteiger partial charge in [-0.15, -0.1) is 0 Å². The number of amides is 1. The Kier molecular flexibility index (Phi) is 7.92. The second-order valence-electron chi connectivity index (χ2n) is 8.71. The highest BCUT2D eigenvalue weighted by atomic mass is 32.2. The van der Waals surface area contributed by atoms with Crippen LogP contribution in [0.25, 0.3) is 11.1 Å². The van der Waals surface area contributed by atoms with Gasteiger partial charge in [-0.05, 0) is 53.3 Å². The summed E-state index contributed by atoms with van der Waals surface area (Å²) >= 11 is 0. The third-order valence-electron chi connectivity index (χ3n) is 5.66. The van der Waals surface area contributed by atoms with Crippen LogP contribution < -0.4 is 5.73 Å². The van der Waals surface area contributed by atoms with E-state index in [1.807, 2.05) is 44.2 Å². The van der Waals surface area contributed by atoms with Gasteiger partial charge in [-0.2, -0.15) is 5.26 Å². The van der Waals surface area contributed by atoms with E-state index in [9.17, 15) is 18.5 Å². The maximum Gasteiger partial charge on any atom is 0.234 e. The molecule has 1 aromatic heterocycles. The Balaban J connectivity index is 2.01. The molecule has 0 saturated carbocycles. The lowest BCUT2D eigenvalue weighted by Crippen LogP contribution is -2.47. The van der Waals surface area contributed by atoms with E-state index >= 15 is 0 Å². The highest BCUT2D eigenvalue weighted by molar-refractivity contribution is 7.90. The first kappa shape index (κ1) is 25.2. The van der Waals surface area contributed by atoms with Gasteiger partial charge >= 0.3 is 0 Å². The summed E-state index contributed by atoms with van der Waals surface area (Å²) < 4.78 is 29.2. The number of carbonyl (C=O) groups is 1. The van der Waals surface area contributed by atoms with E-state index in [-0.39, 0.29) is 17.4 Å². The molecule has 3 rings (SSSR count). The van der Waals surface area contributed by atoms with Crippen LogP contribution in [0.1, 0.15) is 37.6 Å². The average molecular weight is 480 g/mol. The second kappa shape index (κ2) is 10.7. The first-order valence-electron chi connectivity index (χ1n) is 11.0. The van der Waals surface area contributed by atoms with Gasteiger partial charge in [0.05, 0.1) is 35.9 Å². The molecule has 1 amide bonds. The van der Waals surface area contributed by atoms with Gasteiger partial charge in [-0.1, -0.05) is 50.2 Å². The number of benzene rings is 2. The van der Waals surface area contributed by atoms with Gasteiger partial charge in [0.2, 0.25) is 5.91 Å². The summed E-state index contributed by atoms with van der Waals surface area (Å²) in [5.74, 6) is 0.326. The van der Waals surface area contributed by atoms with E-state index in [0.29, 0.717) is 12.2 Å². The van der Waals surface area contributed by atoms with Crippen LogP contribution in [-0.2, 0) is 14.6 Å². The standard InChI is InChI=1S/C26H29N3O4S/c1-18(2)17-23(26(28)30)29(15-14-27)25(24-5-4-16-33-24)21-8-6-19(7-9-21)20-10-12-22(13-11-20)34(3,31)32/h4-13,16,18,23,25H,15,17H2,1-3H3,(H2,28,30)/t23-,25-/m0/s1. The number of rotatable bonds is 10. The molecule has 0 unspecified atom stereocenters. The van der Waals surface area contributed by atoms with Crippen molar-refractivity contribution in [1.29, 1.82) is 5.26 Å². The quantitative estimate of drug-likeness (QED) is 0.436. The summed E-state index contributed by atoms with van der Waals surface area (Å²) in [7, 11) is -3.26. The van der Waals surface area contributed by atoms with Gasteiger partial charge in [-0.25, -0.2) is 8.42 Å². The van der Waals surface area contributed by atoms with Crippen molar-refractivity contribution in [2.75, 3.05) is 12.8 Å². The van der Waals surface area contributed by atoms with Gasteiger partial charge in [0, 0.05) is 6.26 Å². The Morgan fingerprint density at radius 3 is 2.09 bits per heavy atom. The molecule has 2 N–H and O–H groups in total. The molecular weight excluding hydrogens is 450 g/mol. The molecule has 178 valence electrons. The largest absolute Gasteiger partial charge is 0.467 e. The first-order chi connectivity index (χ1) is 16.1. The number of carbonyl (C=O) groups excluding carboxylic acids is 1. The summed E-state index contributed by atoms with van der Waals surface area (Å²) in [6, 6.07) is 19.0. The molecule has 2 atom stereocenters. The molecule has 0 spiro atoms. The van der Waals surface area contributed by atoms with Crippen molar-refractivity contribution < 1.29 is 17.6 Å². The lowest BCUT2D eigenvalue weighted by molar-refractivity contribution is -0.124. The zero-order valence-electron chi connectivity index (χ0n) is 19.5. The van der Waals surface area contributed by atoms with Crippen molar-refractivity contribution >= 4 is 15.7 Å². The summed E-state index contributed by atoms with van der Waals surface area (Å²) in [4.78, 5) is 14.4. The van der Waals surface area contributed by atoms with Crippen LogP contribution in [0, 0.1) is 17.2 Å². The Hall–Kier alpha value is -3.41. The molecule has 34 heavy (non-hydrogen) atoms. The van der Waals surface area contributed by atoms with E-state index in [0.717, 1.165) is 16.7 Å². The average Bonchev–Trinajstić information content (AvgIpc) is 3.31. The Morgan fingerprint density at radius 1 is 1.06 bits per heavy atom. The van der Waals surface area contributed by atoms with Crippen LogP contribution in [-0.4, -0.2) is 38.1 Å². The maximum atomic E-state index is 12.4. The van der Waals surface area contributed by atoms with Gasteiger partial charge in [-0.3, -0.25) is 9.69 Å². The highest BCUT2D eigenvalue weighted by Gasteiger charge is 2.34.